The topological polar surface area (TPSA) is 81.0 Å². The second-order valence-electron chi connectivity index (χ2n) is 8.30. The van der Waals surface area contributed by atoms with Crippen molar-refractivity contribution in [3.63, 3.8) is 0 Å². The van der Waals surface area contributed by atoms with Crippen LogP contribution in [-0.2, 0) is 14.3 Å². The molecule has 7 nitrogen and oxygen atoms in total. The average Bonchev–Trinajstić information content (AvgIpc) is 3.35. The zero-order valence-corrected chi connectivity index (χ0v) is 20.5. The molecule has 0 aliphatic carbocycles. The Morgan fingerprint density at radius 2 is 1.81 bits per heavy atom. The molecule has 8 heteroatoms. The van der Waals surface area contributed by atoms with Crippen molar-refractivity contribution in [3.8, 4) is 0 Å². The van der Waals surface area contributed by atoms with E-state index in [-0.39, 0.29) is 28.2 Å². The fourth-order valence-corrected chi connectivity index (χ4v) is 5.74. The number of hydrogen-bond donors (Lipinski definition) is 0. The Kier molecular flexibility index (Phi) is 6.12. The lowest BCUT2D eigenvalue weighted by molar-refractivity contribution is -0.138. The highest BCUT2D eigenvalue weighted by molar-refractivity contribution is 7.07. The molecule has 36 heavy (non-hydrogen) atoms. The number of thiazole rings is 1. The van der Waals surface area contributed by atoms with Crippen molar-refractivity contribution < 1.29 is 14.3 Å². The molecule has 1 amide bonds. The third-order valence-corrected chi connectivity index (χ3v) is 7.18. The van der Waals surface area contributed by atoms with Gasteiger partial charge in [0.05, 0.1) is 28.6 Å². The van der Waals surface area contributed by atoms with Crippen molar-refractivity contribution in [2.45, 2.75) is 13.0 Å². The molecule has 0 fully saturated rings. The summed E-state index contributed by atoms with van der Waals surface area (Å²) in [4.78, 5) is 47.2. The van der Waals surface area contributed by atoms with Crippen LogP contribution < -0.4 is 19.8 Å². The summed E-state index contributed by atoms with van der Waals surface area (Å²) in [6.45, 7) is 9.45. The molecular weight excluding hydrogens is 474 g/mol. The Labute approximate surface area is 211 Å². The molecule has 3 aromatic rings. The number of carbonyl (C=O) groups is 2. The summed E-state index contributed by atoms with van der Waals surface area (Å²) in [7, 11) is 0. The molecule has 0 N–H and O–H groups in total. The van der Waals surface area contributed by atoms with Crippen molar-refractivity contribution in [2.24, 2.45) is 4.99 Å². The first-order chi connectivity index (χ1) is 17.5. The molecule has 3 heterocycles. The number of carbonyl (C=O) groups excluding carboxylic acids is 2. The van der Waals surface area contributed by atoms with Gasteiger partial charge in [0.15, 0.2) is 4.80 Å². The number of fused-ring (bicyclic) bond motifs is 2. The summed E-state index contributed by atoms with van der Waals surface area (Å²) in [6, 6.07) is 15.9. The average molecular weight is 498 g/mol. The zero-order valence-electron chi connectivity index (χ0n) is 19.6. The highest BCUT2D eigenvalue weighted by Crippen LogP contribution is 2.35. The van der Waals surface area contributed by atoms with E-state index in [1.54, 1.807) is 17.9 Å². The number of amides is 1. The van der Waals surface area contributed by atoms with Crippen LogP contribution in [0.1, 0.15) is 24.1 Å². The second kappa shape index (κ2) is 9.39. The van der Waals surface area contributed by atoms with Gasteiger partial charge in [-0.05, 0) is 18.6 Å². The van der Waals surface area contributed by atoms with Gasteiger partial charge in [-0.25, -0.2) is 9.79 Å². The van der Waals surface area contributed by atoms with E-state index in [4.69, 9.17) is 4.74 Å². The van der Waals surface area contributed by atoms with Gasteiger partial charge in [0.25, 0.3) is 11.5 Å². The number of aromatic nitrogens is 1. The number of para-hydroxylation sites is 1. The number of ether oxygens (including phenoxy) is 1. The quantitative estimate of drug-likeness (QED) is 0.388. The second-order valence-corrected chi connectivity index (χ2v) is 9.27. The van der Waals surface area contributed by atoms with Crippen molar-refractivity contribution in [1.29, 1.82) is 0 Å². The number of allylic oxidation sites excluding steroid dienone is 1. The molecule has 0 radical (unpaired) electrons. The van der Waals surface area contributed by atoms with Crippen LogP contribution in [0.15, 0.2) is 101 Å². The van der Waals surface area contributed by atoms with E-state index in [0.717, 1.165) is 22.6 Å². The largest absolute Gasteiger partial charge is 0.458 e. The van der Waals surface area contributed by atoms with Crippen LogP contribution in [0.25, 0.3) is 5.57 Å². The maximum absolute atomic E-state index is 14.0. The summed E-state index contributed by atoms with van der Waals surface area (Å²) in [5.41, 5.74) is 2.84. The van der Waals surface area contributed by atoms with Gasteiger partial charge in [-0.15, -0.1) is 6.58 Å². The molecule has 0 bridgehead atoms. The molecule has 1 unspecified atom stereocenters. The van der Waals surface area contributed by atoms with Crippen molar-refractivity contribution in [1.82, 2.24) is 4.57 Å². The molecule has 2 aliphatic rings. The Hall–Kier alpha value is -4.30. The number of rotatable bonds is 6. The highest BCUT2D eigenvalue weighted by atomic mass is 32.1. The minimum Gasteiger partial charge on any atom is -0.458 e. The van der Waals surface area contributed by atoms with E-state index in [1.165, 1.54) is 10.6 Å². The zero-order chi connectivity index (χ0) is 25.4. The number of esters is 1. The maximum atomic E-state index is 14.0. The number of anilines is 1. The standard InChI is InChI=1S/C28H23N3O4S/c1-4-15-30-20-14-10-9-13-19(20)22(25(30)32)24-26(33)31-23(18-11-7-6-8-12-18)21(27(34)35-16-5-2)17(3)29-28(31)36-24/h4-14,23H,1-2,15-16H2,3H3. The van der Waals surface area contributed by atoms with Crippen LogP contribution in [0.2, 0.25) is 0 Å². The lowest BCUT2D eigenvalue weighted by Crippen LogP contribution is -2.41. The monoisotopic (exact) mass is 497 g/mol. The Morgan fingerprint density at radius 3 is 2.53 bits per heavy atom. The Bertz CT molecular complexity index is 1630. The first-order valence-corrected chi connectivity index (χ1v) is 12.2. The van der Waals surface area contributed by atoms with Gasteiger partial charge in [0.2, 0.25) is 0 Å². The van der Waals surface area contributed by atoms with Gasteiger partial charge in [0.1, 0.15) is 11.1 Å². The lowest BCUT2D eigenvalue weighted by Gasteiger charge is -2.24. The van der Waals surface area contributed by atoms with E-state index < -0.39 is 12.0 Å². The number of benzene rings is 2. The van der Waals surface area contributed by atoms with Crippen LogP contribution >= 0.6 is 11.3 Å². The van der Waals surface area contributed by atoms with Crippen LogP contribution in [-0.4, -0.2) is 29.6 Å². The Balaban J connectivity index is 1.79. The first-order valence-electron chi connectivity index (χ1n) is 11.4. The SMILES string of the molecule is C=CCOC(=O)C1=C(C)N=c2sc(=C3C(=O)N(CC=C)c4ccccc43)c(=O)n2C1c1ccccc1. The predicted octanol–water partition coefficient (Wildman–Crippen LogP) is 2.87. The van der Waals surface area contributed by atoms with E-state index in [9.17, 15) is 14.4 Å². The van der Waals surface area contributed by atoms with Crippen LogP contribution in [0.3, 0.4) is 0 Å². The van der Waals surface area contributed by atoms with Gasteiger partial charge in [-0.1, -0.05) is 78.6 Å². The number of hydrogen-bond acceptors (Lipinski definition) is 6. The molecule has 180 valence electrons. The van der Waals surface area contributed by atoms with Gasteiger partial charge < -0.3 is 9.64 Å². The van der Waals surface area contributed by atoms with Crippen molar-refractivity contribution >= 4 is 34.5 Å². The molecule has 0 saturated heterocycles. The molecular formula is C28H23N3O4S. The third kappa shape index (κ3) is 3.67. The highest BCUT2D eigenvalue weighted by Gasteiger charge is 2.36. The van der Waals surface area contributed by atoms with E-state index in [0.29, 0.717) is 28.2 Å². The van der Waals surface area contributed by atoms with Gasteiger partial charge in [-0.3, -0.25) is 14.2 Å². The molecule has 2 aromatic carbocycles. The van der Waals surface area contributed by atoms with E-state index in [1.807, 2.05) is 54.6 Å². The molecule has 1 aromatic heterocycles. The summed E-state index contributed by atoms with van der Waals surface area (Å²) in [5, 5.41) is 0. The van der Waals surface area contributed by atoms with Crippen molar-refractivity contribution in [2.75, 3.05) is 18.1 Å². The molecule has 2 aliphatic heterocycles. The summed E-state index contributed by atoms with van der Waals surface area (Å²) >= 11 is 1.15. The lowest BCUT2D eigenvalue weighted by atomic mass is 9.96. The smallest absolute Gasteiger partial charge is 0.338 e. The molecule has 1 atom stereocenters. The maximum Gasteiger partial charge on any atom is 0.338 e. The fourth-order valence-electron chi connectivity index (χ4n) is 4.61. The van der Waals surface area contributed by atoms with E-state index in [2.05, 4.69) is 18.2 Å². The fraction of sp³-hybridized carbons (Fsp3) is 0.143. The molecule has 0 spiro atoms. The minimum atomic E-state index is -0.745. The van der Waals surface area contributed by atoms with Gasteiger partial charge in [-0.2, -0.15) is 0 Å². The van der Waals surface area contributed by atoms with Crippen LogP contribution in [0, 0.1) is 0 Å². The summed E-state index contributed by atoms with van der Waals surface area (Å²) in [6.07, 6.45) is 3.14. The van der Waals surface area contributed by atoms with Crippen LogP contribution in [0.4, 0.5) is 5.69 Å². The Morgan fingerprint density at radius 1 is 1.08 bits per heavy atom. The van der Waals surface area contributed by atoms with E-state index >= 15 is 0 Å². The number of nitrogens with zero attached hydrogens (tertiary/aromatic N) is 3. The molecule has 5 rings (SSSR count). The summed E-state index contributed by atoms with van der Waals surface area (Å²) < 4.78 is 7.13. The summed E-state index contributed by atoms with van der Waals surface area (Å²) in [5.74, 6) is -0.832. The van der Waals surface area contributed by atoms with Crippen molar-refractivity contribution in [3.05, 3.63) is 122 Å². The predicted molar refractivity (Wildman–Crippen MR) is 139 cm³/mol. The van der Waals surface area contributed by atoms with Gasteiger partial charge >= 0.3 is 5.97 Å². The third-order valence-electron chi connectivity index (χ3n) is 6.13. The molecule has 0 saturated carbocycles. The minimum absolute atomic E-state index is 0.0378. The first kappa shape index (κ1) is 23.4. The normalized spacial score (nSPS) is 17.9. The van der Waals surface area contributed by atoms with Gasteiger partial charge in [0, 0.05) is 12.1 Å². The van der Waals surface area contributed by atoms with Crippen LogP contribution in [0.5, 0.6) is 0 Å².